The molecule has 0 unspecified atom stereocenters. The van der Waals surface area contributed by atoms with Gasteiger partial charge < -0.3 is 19.8 Å². The van der Waals surface area contributed by atoms with Crippen LogP contribution in [0.3, 0.4) is 0 Å². The van der Waals surface area contributed by atoms with Crippen LogP contribution in [-0.2, 0) is 6.42 Å². The van der Waals surface area contributed by atoms with Crippen molar-refractivity contribution >= 4 is 5.91 Å². The van der Waals surface area contributed by atoms with Gasteiger partial charge in [-0.05, 0) is 41.7 Å². The van der Waals surface area contributed by atoms with Gasteiger partial charge in [0.2, 0.25) is 0 Å². The smallest absolute Gasteiger partial charge is 0.345 e. The predicted molar refractivity (Wildman–Crippen MR) is 117 cm³/mol. The first-order chi connectivity index (χ1) is 15.0. The van der Waals surface area contributed by atoms with Crippen molar-refractivity contribution in [2.45, 2.75) is 32.2 Å². The zero-order valence-corrected chi connectivity index (χ0v) is 17.6. The number of H-pyrrole nitrogens is 1. The summed E-state index contributed by atoms with van der Waals surface area (Å²) in [6, 6.07) is 16.9. The minimum atomic E-state index is -0.532. The van der Waals surface area contributed by atoms with E-state index in [1.54, 1.807) is 6.07 Å². The normalized spacial score (nSPS) is 13.6. The van der Waals surface area contributed by atoms with Crippen LogP contribution < -0.4 is 20.5 Å². The van der Waals surface area contributed by atoms with Crippen LogP contribution in [0, 0.1) is 0 Å². The molecule has 1 amide bonds. The molecule has 1 aliphatic heterocycles. The summed E-state index contributed by atoms with van der Waals surface area (Å²) >= 11 is 0. The van der Waals surface area contributed by atoms with E-state index in [2.05, 4.69) is 15.3 Å². The average Bonchev–Trinajstić information content (AvgIpc) is 2.78. The maximum atomic E-state index is 13.1. The number of aromatic amines is 1. The van der Waals surface area contributed by atoms with Gasteiger partial charge in [-0.3, -0.25) is 4.79 Å². The summed E-state index contributed by atoms with van der Waals surface area (Å²) in [4.78, 5) is 31.6. The van der Waals surface area contributed by atoms with Gasteiger partial charge in [0, 0.05) is 5.69 Å². The number of rotatable bonds is 6. The molecule has 3 aromatic rings. The first-order valence-electron chi connectivity index (χ1n) is 10.3. The maximum absolute atomic E-state index is 13.1. The highest BCUT2D eigenvalue weighted by Crippen LogP contribution is 2.33. The second-order valence-corrected chi connectivity index (χ2v) is 7.80. The zero-order chi connectivity index (χ0) is 21.8. The molecule has 2 heterocycles. The molecule has 1 aliphatic rings. The minimum absolute atomic E-state index is 0.0696. The van der Waals surface area contributed by atoms with Gasteiger partial charge in [0.05, 0.1) is 6.04 Å². The van der Waals surface area contributed by atoms with Gasteiger partial charge in [-0.25, -0.2) is 4.79 Å². The van der Waals surface area contributed by atoms with E-state index in [0.717, 1.165) is 11.1 Å². The van der Waals surface area contributed by atoms with Crippen LogP contribution in [0.2, 0.25) is 0 Å². The lowest BCUT2D eigenvalue weighted by molar-refractivity contribution is 0.0930. The molecule has 7 heteroatoms. The van der Waals surface area contributed by atoms with Crippen LogP contribution in [0.15, 0.2) is 59.4 Å². The van der Waals surface area contributed by atoms with Gasteiger partial charge >= 0.3 is 5.69 Å². The fourth-order valence-corrected chi connectivity index (χ4v) is 3.51. The number of nitrogens with one attached hydrogen (secondary N) is 2. The summed E-state index contributed by atoms with van der Waals surface area (Å²) in [5, 5.41) is 3.05. The van der Waals surface area contributed by atoms with Crippen LogP contribution in [0.25, 0.3) is 0 Å². The van der Waals surface area contributed by atoms with E-state index in [0.29, 0.717) is 36.8 Å². The number of carbonyl (C=O) groups excluding carboxylic acids is 1. The molecular weight excluding hydrogens is 394 g/mol. The van der Waals surface area contributed by atoms with Gasteiger partial charge in [0.1, 0.15) is 18.9 Å². The Hall–Kier alpha value is -3.61. The third kappa shape index (κ3) is 4.94. The summed E-state index contributed by atoms with van der Waals surface area (Å²) in [5.41, 5.74) is 2.20. The number of amides is 1. The lowest BCUT2D eigenvalue weighted by Gasteiger charge is -2.23. The standard InChI is InChI=1S/C24H25N3O4/c1-15(2)18-14-20(27-24(29)26-18)23(28)25-19(12-16-6-4-3-5-7-16)17-8-9-21-22(13-17)31-11-10-30-21/h3-9,13-15,19H,10-12H2,1-2H3,(H,25,28)(H,26,27,29)/t19-/m1/s1. The molecule has 160 valence electrons. The third-order valence-electron chi connectivity index (χ3n) is 5.18. The molecule has 1 atom stereocenters. The van der Waals surface area contributed by atoms with E-state index in [9.17, 15) is 9.59 Å². The molecule has 2 N–H and O–H groups in total. The lowest BCUT2D eigenvalue weighted by atomic mass is 9.98. The minimum Gasteiger partial charge on any atom is -0.486 e. The second-order valence-electron chi connectivity index (χ2n) is 7.80. The number of hydrogen-bond acceptors (Lipinski definition) is 5. The van der Waals surface area contributed by atoms with Crippen molar-refractivity contribution in [1.29, 1.82) is 0 Å². The van der Waals surface area contributed by atoms with Gasteiger partial charge in [0.15, 0.2) is 11.5 Å². The number of aromatic nitrogens is 2. The van der Waals surface area contributed by atoms with E-state index < -0.39 is 11.6 Å². The Bertz CT molecular complexity index is 1130. The monoisotopic (exact) mass is 419 g/mol. The quantitative estimate of drug-likeness (QED) is 0.639. The summed E-state index contributed by atoms with van der Waals surface area (Å²) < 4.78 is 11.3. The fourth-order valence-electron chi connectivity index (χ4n) is 3.51. The molecule has 0 saturated heterocycles. The zero-order valence-electron chi connectivity index (χ0n) is 17.6. The summed E-state index contributed by atoms with van der Waals surface area (Å²) in [6.45, 7) is 4.89. The van der Waals surface area contributed by atoms with E-state index in [1.807, 2.05) is 62.4 Å². The molecule has 0 fully saturated rings. The Kier molecular flexibility index (Phi) is 6.02. The molecule has 0 spiro atoms. The van der Waals surface area contributed by atoms with Crippen molar-refractivity contribution in [1.82, 2.24) is 15.3 Å². The molecule has 0 aliphatic carbocycles. The van der Waals surface area contributed by atoms with Crippen LogP contribution >= 0.6 is 0 Å². The average molecular weight is 419 g/mol. The van der Waals surface area contributed by atoms with Crippen molar-refractivity contribution in [3.05, 3.63) is 87.6 Å². The van der Waals surface area contributed by atoms with Gasteiger partial charge in [0.25, 0.3) is 5.91 Å². The van der Waals surface area contributed by atoms with Crippen LogP contribution in [-0.4, -0.2) is 29.1 Å². The van der Waals surface area contributed by atoms with Crippen molar-refractivity contribution in [3.63, 3.8) is 0 Å². The molecule has 0 saturated carbocycles. The van der Waals surface area contributed by atoms with E-state index in [4.69, 9.17) is 9.47 Å². The van der Waals surface area contributed by atoms with E-state index in [1.165, 1.54) is 0 Å². The van der Waals surface area contributed by atoms with Gasteiger partial charge in [-0.1, -0.05) is 50.2 Å². The second kappa shape index (κ2) is 9.04. The first-order valence-corrected chi connectivity index (χ1v) is 10.3. The molecule has 0 radical (unpaired) electrons. The number of hydrogen-bond donors (Lipinski definition) is 2. The highest BCUT2D eigenvalue weighted by molar-refractivity contribution is 5.92. The maximum Gasteiger partial charge on any atom is 0.345 e. The van der Waals surface area contributed by atoms with Crippen molar-refractivity contribution < 1.29 is 14.3 Å². The predicted octanol–water partition coefficient (Wildman–Crippen LogP) is 3.38. The Labute approximate surface area is 180 Å². The molecule has 4 rings (SSSR count). The molecular formula is C24H25N3O4. The molecule has 1 aromatic heterocycles. The number of fused-ring (bicyclic) bond motifs is 1. The number of carbonyl (C=O) groups is 1. The fraction of sp³-hybridized carbons (Fsp3) is 0.292. The molecule has 0 bridgehead atoms. The highest BCUT2D eigenvalue weighted by atomic mass is 16.6. The van der Waals surface area contributed by atoms with Gasteiger partial charge in [-0.15, -0.1) is 0 Å². The molecule has 31 heavy (non-hydrogen) atoms. The summed E-state index contributed by atoms with van der Waals surface area (Å²) in [7, 11) is 0. The number of nitrogens with zero attached hydrogens (tertiary/aromatic N) is 1. The van der Waals surface area contributed by atoms with Crippen molar-refractivity contribution in [3.8, 4) is 11.5 Å². The Balaban J connectivity index is 1.65. The first kappa shape index (κ1) is 20.7. The van der Waals surface area contributed by atoms with Crippen LogP contribution in [0.4, 0.5) is 0 Å². The SMILES string of the molecule is CC(C)c1cc(C(=O)N[C@H](Cc2ccccc2)c2ccc3c(c2)OCCO3)nc(=O)[nH]1. The van der Waals surface area contributed by atoms with Crippen LogP contribution in [0.5, 0.6) is 11.5 Å². The molecule has 2 aromatic carbocycles. The number of benzene rings is 2. The van der Waals surface area contributed by atoms with E-state index in [-0.39, 0.29) is 17.7 Å². The summed E-state index contributed by atoms with van der Waals surface area (Å²) in [6.07, 6.45) is 0.576. The molecule has 7 nitrogen and oxygen atoms in total. The lowest BCUT2D eigenvalue weighted by Crippen LogP contribution is -2.32. The summed E-state index contributed by atoms with van der Waals surface area (Å²) in [5.74, 6) is 1.02. The Morgan fingerprint density at radius 2 is 1.81 bits per heavy atom. The van der Waals surface area contributed by atoms with E-state index >= 15 is 0 Å². The third-order valence-corrected chi connectivity index (χ3v) is 5.18. The topological polar surface area (TPSA) is 93.3 Å². The number of ether oxygens (including phenoxy) is 2. The van der Waals surface area contributed by atoms with Crippen molar-refractivity contribution in [2.75, 3.05) is 13.2 Å². The Morgan fingerprint density at radius 3 is 2.55 bits per heavy atom. The largest absolute Gasteiger partial charge is 0.486 e. The highest BCUT2D eigenvalue weighted by Gasteiger charge is 2.21. The van der Waals surface area contributed by atoms with Crippen molar-refractivity contribution in [2.24, 2.45) is 0 Å². The van der Waals surface area contributed by atoms with Gasteiger partial charge in [-0.2, -0.15) is 4.98 Å². The van der Waals surface area contributed by atoms with Crippen LogP contribution in [0.1, 0.15) is 53.1 Å². The Morgan fingerprint density at radius 1 is 1.06 bits per heavy atom.